The van der Waals surface area contributed by atoms with E-state index in [4.69, 9.17) is 11.6 Å². The molecule has 3 aromatic rings. The maximum atomic E-state index is 13.7. The molecule has 2 heterocycles. The number of aliphatic hydroxyl groups excluding tert-OH is 1. The van der Waals surface area contributed by atoms with Crippen molar-refractivity contribution in [3.05, 3.63) is 62.7 Å². The topological polar surface area (TPSA) is 90.0 Å². The average molecular weight is 427 g/mol. The van der Waals surface area contributed by atoms with Crippen molar-refractivity contribution in [2.24, 2.45) is 0 Å². The minimum absolute atomic E-state index is 0.119. The van der Waals surface area contributed by atoms with E-state index in [2.05, 4.69) is 20.6 Å². The molecule has 0 saturated heterocycles. The zero-order valence-corrected chi connectivity index (χ0v) is 16.3. The zero-order valence-electron chi connectivity index (χ0n) is 14.7. The Morgan fingerprint density at radius 1 is 1.36 bits per heavy atom. The fourth-order valence-corrected chi connectivity index (χ4v) is 3.54. The first kappa shape index (κ1) is 20.4. The molecule has 28 heavy (non-hydrogen) atoms. The van der Waals surface area contributed by atoms with E-state index < -0.39 is 28.6 Å². The quantitative estimate of drug-likeness (QED) is 0.436. The van der Waals surface area contributed by atoms with E-state index in [1.54, 1.807) is 19.3 Å². The van der Waals surface area contributed by atoms with E-state index in [1.165, 1.54) is 17.4 Å². The summed E-state index contributed by atoms with van der Waals surface area (Å²) in [5.74, 6) is -2.16. The predicted molar refractivity (Wildman–Crippen MR) is 103 cm³/mol. The number of rotatable bonds is 7. The van der Waals surface area contributed by atoms with Crippen molar-refractivity contribution in [1.29, 1.82) is 0 Å². The van der Waals surface area contributed by atoms with Crippen LogP contribution < -0.4 is 10.6 Å². The summed E-state index contributed by atoms with van der Waals surface area (Å²) in [5, 5.41) is 15.1. The van der Waals surface area contributed by atoms with Gasteiger partial charge in [-0.25, -0.2) is 13.8 Å². The molecule has 0 bridgehead atoms. The summed E-state index contributed by atoms with van der Waals surface area (Å²) in [6.45, 7) is 0.317. The van der Waals surface area contributed by atoms with Crippen molar-refractivity contribution in [2.75, 3.05) is 13.6 Å². The van der Waals surface area contributed by atoms with Gasteiger partial charge in [0.05, 0.1) is 17.5 Å². The number of benzene rings is 1. The number of aromatic amines is 1. The maximum absolute atomic E-state index is 13.7. The molecule has 10 heteroatoms. The fraction of sp³-hybridized carbons (Fsp3) is 0.222. The summed E-state index contributed by atoms with van der Waals surface area (Å²) in [7, 11) is 1.75. The summed E-state index contributed by atoms with van der Waals surface area (Å²) < 4.78 is 27.3. The lowest BCUT2D eigenvalue weighted by Gasteiger charge is -2.15. The molecule has 0 radical (unpaired) electrons. The Morgan fingerprint density at radius 3 is 2.68 bits per heavy atom. The van der Waals surface area contributed by atoms with Gasteiger partial charge >= 0.3 is 0 Å². The molecule has 1 aromatic carbocycles. The Kier molecular flexibility index (Phi) is 6.40. The number of hydrogen-bond donors (Lipinski definition) is 4. The molecular weight excluding hydrogens is 410 g/mol. The van der Waals surface area contributed by atoms with Gasteiger partial charge in [0.1, 0.15) is 27.4 Å². The van der Waals surface area contributed by atoms with E-state index >= 15 is 0 Å². The van der Waals surface area contributed by atoms with Crippen molar-refractivity contribution in [1.82, 2.24) is 20.6 Å². The van der Waals surface area contributed by atoms with E-state index in [9.17, 15) is 18.7 Å². The lowest BCUT2D eigenvalue weighted by molar-refractivity contribution is 0.0932. The lowest BCUT2D eigenvalue weighted by Crippen LogP contribution is -2.34. The minimum atomic E-state index is -0.880. The number of nitrogens with one attached hydrogen (secondary N) is 3. The fourth-order valence-electron chi connectivity index (χ4n) is 2.60. The van der Waals surface area contributed by atoms with Crippen LogP contribution in [0, 0.1) is 11.6 Å². The summed E-state index contributed by atoms with van der Waals surface area (Å²) in [6, 6.07) is 4.85. The number of halogens is 3. The number of aromatic nitrogens is 2. The van der Waals surface area contributed by atoms with Crippen LogP contribution >= 0.6 is 22.9 Å². The molecular formula is C18H17ClF2N4O2S. The number of likely N-dealkylation sites (N-methyl/N-ethyl adjacent to an activating group) is 1. The molecule has 1 unspecified atom stereocenters. The van der Waals surface area contributed by atoms with Crippen LogP contribution in [0.15, 0.2) is 30.5 Å². The highest BCUT2D eigenvalue weighted by Crippen LogP contribution is 2.27. The molecule has 1 amide bonds. The van der Waals surface area contributed by atoms with Gasteiger partial charge in [0.2, 0.25) is 0 Å². The molecule has 2 aromatic heterocycles. The van der Waals surface area contributed by atoms with Crippen molar-refractivity contribution in [3.63, 3.8) is 0 Å². The summed E-state index contributed by atoms with van der Waals surface area (Å²) >= 11 is 6.80. The van der Waals surface area contributed by atoms with Crippen molar-refractivity contribution in [2.45, 2.75) is 12.6 Å². The number of amides is 1. The number of carbonyl (C=O) groups is 1. The largest absolute Gasteiger partial charge is 0.391 e. The second-order valence-corrected chi connectivity index (χ2v) is 7.47. The Balaban J connectivity index is 1.79. The molecule has 1 atom stereocenters. The zero-order chi connectivity index (χ0) is 20.3. The van der Waals surface area contributed by atoms with Crippen molar-refractivity contribution in [3.8, 4) is 11.3 Å². The summed E-state index contributed by atoms with van der Waals surface area (Å²) in [6.07, 6.45) is 1.56. The molecule has 0 spiro atoms. The number of H-pyrrole nitrogens is 1. The molecule has 0 saturated carbocycles. The van der Waals surface area contributed by atoms with Gasteiger partial charge in [-0.2, -0.15) is 0 Å². The van der Waals surface area contributed by atoms with Gasteiger partial charge < -0.3 is 20.7 Å². The van der Waals surface area contributed by atoms with Gasteiger partial charge in [0.15, 0.2) is 0 Å². The van der Waals surface area contributed by atoms with Crippen LogP contribution in [0.5, 0.6) is 0 Å². The van der Waals surface area contributed by atoms with E-state index in [-0.39, 0.29) is 17.9 Å². The number of hydrogen-bond acceptors (Lipinski definition) is 5. The first-order valence-corrected chi connectivity index (χ1v) is 9.47. The smallest absolute Gasteiger partial charge is 0.268 e. The third-order valence-corrected chi connectivity index (χ3v) is 5.42. The molecule has 4 N–H and O–H groups in total. The number of carbonyl (C=O) groups excluding carboxylic acids is 1. The van der Waals surface area contributed by atoms with Crippen molar-refractivity contribution >= 4 is 28.8 Å². The SMILES string of the molecule is CNCC(NC(=O)c1ccc(-c2cc(F)c(Cl)c(F)c2)[nH]1)c1ncc(CO)s1. The molecule has 6 nitrogen and oxygen atoms in total. The third-order valence-electron chi connectivity index (χ3n) is 3.96. The van der Waals surface area contributed by atoms with Gasteiger partial charge in [-0.1, -0.05) is 11.6 Å². The van der Waals surface area contributed by atoms with Crippen LogP contribution in [-0.4, -0.2) is 34.6 Å². The standard InChI is InChI=1S/C18H17ClF2N4O2S/c1-22-7-15(18-23-6-10(8-26)28-18)25-17(27)14-3-2-13(24-14)9-4-11(20)16(19)12(21)5-9/h2-6,15,22,24,26H,7-8H2,1H3,(H,25,27). The van der Waals surface area contributed by atoms with Gasteiger partial charge in [-0.15, -0.1) is 11.3 Å². The highest BCUT2D eigenvalue weighted by molar-refractivity contribution is 7.11. The summed E-state index contributed by atoms with van der Waals surface area (Å²) in [5.41, 5.74) is 0.838. The van der Waals surface area contributed by atoms with Gasteiger partial charge in [0, 0.05) is 24.0 Å². The van der Waals surface area contributed by atoms with Gasteiger partial charge in [0.25, 0.3) is 5.91 Å². The van der Waals surface area contributed by atoms with Crippen molar-refractivity contribution < 1.29 is 18.7 Å². The Morgan fingerprint density at radius 2 is 2.07 bits per heavy atom. The second-order valence-electron chi connectivity index (χ2n) is 5.95. The van der Waals surface area contributed by atoms with E-state index in [0.29, 0.717) is 22.1 Å². The normalized spacial score (nSPS) is 12.2. The average Bonchev–Trinajstić information content (AvgIpc) is 3.35. The monoisotopic (exact) mass is 426 g/mol. The molecule has 0 aliphatic rings. The predicted octanol–water partition coefficient (Wildman–Crippen LogP) is 3.25. The van der Waals surface area contributed by atoms with Gasteiger partial charge in [-0.05, 0) is 31.3 Å². The van der Waals surface area contributed by atoms with Crippen LogP contribution in [-0.2, 0) is 6.61 Å². The molecule has 3 rings (SSSR count). The van der Waals surface area contributed by atoms with Crippen LogP contribution in [0.1, 0.15) is 26.4 Å². The third kappa shape index (κ3) is 4.39. The lowest BCUT2D eigenvalue weighted by atomic mass is 10.1. The first-order valence-electron chi connectivity index (χ1n) is 8.27. The Hall–Kier alpha value is -2.33. The number of aliphatic hydroxyl groups is 1. The molecule has 148 valence electrons. The molecule has 0 aliphatic heterocycles. The van der Waals surface area contributed by atoms with Crippen LogP contribution in [0.4, 0.5) is 8.78 Å². The molecule has 0 aliphatic carbocycles. The summed E-state index contributed by atoms with van der Waals surface area (Å²) in [4.78, 5) is 20.4. The Labute approximate surface area is 168 Å². The molecule has 0 fully saturated rings. The second kappa shape index (κ2) is 8.78. The van der Waals surface area contributed by atoms with E-state index in [0.717, 1.165) is 12.1 Å². The highest BCUT2D eigenvalue weighted by Gasteiger charge is 2.20. The van der Waals surface area contributed by atoms with Gasteiger partial charge in [-0.3, -0.25) is 4.79 Å². The van der Waals surface area contributed by atoms with Crippen LogP contribution in [0.2, 0.25) is 5.02 Å². The minimum Gasteiger partial charge on any atom is -0.391 e. The number of nitrogens with zero attached hydrogens (tertiary/aromatic N) is 1. The van der Waals surface area contributed by atoms with E-state index in [1.807, 2.05) is 0 Å². The highest BCUT2D eigenvalue weighted by atomic mass is 35.5. The van der Waals surface area contributed by atoms with Crippen LogP contribution in [0.25, 0.3) is 11.3 Å². The van der Waals surface area contributed by atoms with Crippen LogP contribution in [0.3, 0.4) is 0 Å². The maximum Gasteiger partial charge on any atom is 0.268 e. The Bertz CT molecular complexity index is 969. The first-order chi connectivity index (χ1) is 13.4. The number of thiazole rings is 1.